The van der Waals surface area contributed by atoms with Crippen LogP contribution in [0, 0.1) is 6.92 Å². The first-order valence-electron chi connectivity index (χ1n) is 6.06. The number of nitrogen functional groups attached to an aromatic ring is 1. The Morgan fingerprint density at radius 3 is 2.30 bits per heavy atom. The number of anilines is 2. The molecule has 0 aromatic heterocycles. The van der Waals surface area contributed by atoms with Crippen molar-refractivity contribution in [2.75, 3.05) is 11.1 Å². The molecule has 0 aliphatic rings. The first-order chi connectivity index (χ1) is 9.50. The smallest absolute Gasteiger partial charge is 0.257 e. The van der Waals surface area contributed by atoms with Crippen LogP contribution in [0.1, 0.15) is 26.3 Å². The quantitative estimate of drug-likeness (QED) is 0.742. The maximum absolute atomic E-state index is 12.2. The van der Waals surface area contributed by atoms with Gasteiger partial charge in [-0.25, -0.2) is 0 Å². The number of nitrogens with two attached hydrogens (primary N) is 2. The van der Waals surface area contributed by atoms with Crippen LogP contribution in [-0.2, 0) is 0 Å². The summed E-state index contributed by atoms with van der Waals surface area (Å²) in [6.07, 6.45) is 0. The number of hydrogen-bond acceptors (Lipinski definition) is 3. The van der Waals surface area contributed by atoms with Gasteiger partial charge in [-0.3, -0.25) is 9.59 Å². The van der Waals surface area contributed by atoms with E-state index in [2.05, 4.69) is 5.32 Å². The molecule has 0 saturated heterocycles. The van der Waals surface area contributed by atoms with Gasteiger partial charge >= 0.3 is 0 Å². The van der Waals surface area contributed by atoms with Crippen LogP contribution in [0.2, 0.25) is 0 Å². The Kier molecular flexibility index (Phi) is 3.70. The second-order valence-corrected chi connectivity index (χ2v) is 4.38. The van der Waals surface area contributed by atoms with Gasteiger partial charge in [0, 0.05) is 16.9 Å². The standard InChI is InChI=1S/C15H15N3O2/c1-9-10(14(17)19)6-4-8-13(9)18-15(20)11-5-2-3-7-12(11)16/h2-8H,16H2,1H3,(H2,17,19)(H,18,20). The van der Waals surface area contributed by atoms with Gasteiger partial charge in [-0.05, 0) is 36.8 Å². The highest BCUT2D eigenvalue weighted by atomic mass is 16.2. The fraction of sp³-hybridized carbons (Fsp3) is 0.0667. The van der Waals surface area contributed by atoms with Gasteiger partial charge in [0.15, 0.2) is 0 Å². The Balaban J connectivity index is 2.32. The van der Waals surface area contributed by atoms with E-state index in [-0.39, 0.29) is 5.91 Å². The first kappa shape index (κ1) is 13.6. The summed E-state index contributed by atoms with van der Waals surface area (Å²) in [7, 11) is 0. The fourth-order valence-corrected chi connectivity index (χ4v) is 1.93. The summed E-state index contributed by atoms with van der Waals surface area (Å²) in [4.78, 5) is 23.4. The number of hydrogen-bond donors (Lipinski definition) is 3. The van der Waals surface area contributed by atoms with E-state index in [0.29, 0.717) is 28.1 Å². The summed E-state index contributed by atoms with van der Waals surface area (Å²) in [5, 5.41) is 2.74. The summed E-state index contributed by atoms with van der Waals surface area (Å²) in [5.41, 5.74) is 13.4. The van der Waals surface area contributed by atoms with E-state index in [9.17, 15) is 9.59 Å². The third-order valence-corrected chi connectivity index (χ3v) is 3.05. The second kappa shape index (κ2) is 5.44. The van der Waals surface area contributed by atoms with Crippen LogP contribution in [0.15, 0.2) is 42.5 Å². The fourth-order valence-electron chi connectivity index (χ4n) is 1.93. The van der Waals surface area contributed by atoms with Crippen molar-refractivity contribution < 1.29 is 9.59 Å². The van der Waals surface area contributed by atoms with Gasteiger partial charge in [-0.2, -0.15) is 0 Å². The van der Waals surface area contributed by atoms with Crippen LogP contribution in [0.3, 0.4) is 0 Å². The van der Waals surface area contributed by atoms with Gasteiger partial charge in [0.1, 0.15) is 0 Å². The van der Waals surface area contributed by atoms with E-state index < -0.39 is 5.91 Å². The van der Waals surface area contributed by atoms with Crippen LogP contribution < -0.4 is 16.8 Å². The number of nitrogens with one attached hydrogen (secondary N) is 1. The Labute approximate surface area is 116 Å². The largest absolute Gasteiger partial charge is 0.398 e. The van der Waals surface area contributed by atoms with E-state index in [1.165, 1.54) is 0 Å². The second-order valence-electron chi connectivity index (χ2n) is 4.38. The Morgan fingerprint density at radius 2 is 1.65 bits per heavy atom. The van der Waals surface area contributed by atoms with Gasteiger partial charge in [0.2, 0.25) is 5.91 Å². The van der Waals surface area contributed by atoms with E-state index in [4.69, 9.17) is 11.5 Å². The van der Waals surface area contributed by atoms with E-state index >= 15 is 0 Å². The Hall–Kier alpha value is -2.82. The van der Waals surface area contributed by atoms with Crippen molar-refractivity contribution in [2.45, 2.75) is 6.92 Å². The molecule has 0 bridgehead atoms. The van der Waals surface area contributed by atoms with Gasteiger partial charge < -0.3 is 16.8 Å². The van der Waals surface area contributed by atoms with Crippen molar-refractivity contribution in [3.8, 4) is 0 Å². The highest BCUT2D eigenvalue weighted by Crippen LogP contribution is 2.20. The molecule has 0 aliphatic heterocycles. The van der Waals surface area contributed by atoms with Crippen molar-refractivity contribution in [1.82, 2.24) is 0 Å². The van der Waals surface area contributed by atoms with Gasteiger partial charge in [0.05, 0.1) is 5.56 Å². The molecule has 102 valence electrons. The Morgan fingerprint density at radius 1 is 1.00 bits per heavy atom. The van der Waals surface area contributed by atoms with Crippen LogP contribution in [0.4, 0.5) is 11.4 Å². The molecule has 0 unspecified atom stereocenters. The van der Waals surface area contributed by atoms with Crippen molar-refractivity contribution in [1.29, 1.82) is 0 Å². The monoisotopic (exact) mass is 269 g/mol. The predicted octanol–water partition coefficient (Wildman–Crippen LogP) is 1.93. The lowest BCUT2D eigenvalue weighted by Gasteiger charge is -2.11. The lowest BCUT2D eigenvalue weighted by Crippen LogP contribution is -2.17. The minimum atomic E-state index is -0.530. The van der Waals surface area contributed by atoms with Crippen LogP contribution in [0.25, 0.3) is 0 Å². The molecule has 0 radical (unpaired) electrons. The summed E-state index contributed by atoms with van der Waals surface area (Å²) in [6, 6.07) is 11.8. The van der Waals surface area contributed by atoms with Crippen molar-refractivity contribution in [3.63, 3.8) is 0 Å². The highest BCUT2D eigenvalue weighted by molar-refractivity contribution is 6.08. The molecule has 0 fully saturated rings. The lowest BCUT2D eigenvalue weighted by molar-refractivity contribution is 0.0995. The molecule has 0 spiro atoms. The van der Waals surface area contributed by atoms with Crippen LogP contribution in [-0.4, -0.2) is 11.8 Å². The molecule has 0 heterocycles. The third kappa shape index (κ3) is 2.61. The van der Waals surface area contributed by atoms with Gasteiger partial charge in [-0.1, -0.05) is 18.2 Å². The van der Waals surface area contributed by atoms with Crippen molar-refractivity contribution in [3.05, 3.63) is 59.2 Å². The topological polar surface area (TPSA) is 98.2 Å². The molecule has 5 nitrogen and oxygen atoms in total. The zero-order chi connectivity index (χ0) is 14.7. The van der Waals surface area contributed by atoms with E-state index in [0.717, 1.165) is 0 Å². The summed E-state index contributed by atoms with van der Waals surface area (Å²) >= 11 is 0. The zero-order valence-electron chi connectivity index (χ0n) is 11.0. The molecular weight excluding hydrogens is 254 g/mol. The maximum atomic E-state index is 12.2. The normalized spacial score (nSPS) is 10.1. The van der Waals surface area contributed by atoms with Crippen molar-refractivity contribution >= 4 is 23.2 Å². The third-order valence-electron chi connectivity index (χ3n) is 3.05. The first-order valence-corrected chi connectivity index (χ1v) is 6.06. The van der Waals surface area contributed by atoms with Gasteiger partial charge in [0.25, 0.3) is 5.91 Å². The molecule has 0 saturated carbocycles. The van der Waals surface area contributed by atoms with E-state index in [1.807, 2.05) is 0 Å². The molecule has 2 aromatic carbocycles. The summed E-state index contributed by atoms with van der Waals surface area (Å²) < 4.78 is 0. The number of amides is 2. The minimum absolute atomic E-state index is 0.326. The average molecular weight is 269 g/mol. The maximum Gasteiger partial charge on any atom is 0.257 e. The minimum Gasteiger partial charge on any atom is -0.398 e. The molecule has 2 aromatic rings. The lowest BCUT2D eigenvalue weighted by atomic mass is 10.1. The number of rotatable bonds is 3. The molecule has 2 amide bonds. The molecule has 0 aliphatic carbocycles. The predicted molar refractivity (Wildman–Crippen MR) is 78.5 cm³/mol. The molecule has 5 N–H and O–H groups in total. The van der Waals surface area contributed by atoms with Crippen LogP contribution >= 0.6 is 0 Å². The summed E-state index contributed by atoms with van der Waals surface area (Å²) in [5.74, 6) is -0.856. The van der Waals surface area contributed by atoms with Crippen molar-refractivity contribution in [2.24, 2.45) is 5.73 Å². The Bertz CT molecular complexity index is 681. The highest BCUT2D eigenvalue weighted by Gasteiger charge is 2.13. The van der Waals surface area contributed by atoms with Crippen LogP contribution in [0.5, 0.6) is 0 Å². The average Bonchev–Trinajstić information content (AvgIpc) is 2.41. The van der Waals surface area contributed by atoms with E-state index in [1.54, 1.807) is 49.4 Å². The molecule has 2 rings (SSSR count). The molecule has 20 heavy (non-hydrogen) atoms. The summed E-state index contributed by atoms with van der Waals surface area (Å²) in [6.45, 7) is 1.73. The SMILES string of the molecule is Cc1c(NC(=O)c2ccccc2N)cccc1C(N)=O. The molecule has 0 atom stereocenters. The number of carbonyl (C=O) groups is 2. The molecular formula is C15H15N3O2. The number of carbonyl (C=O) groups excluding carboxylic acids is 2. The molecule has 5 heteroatoms. The number of para-hydroxylation sites is 1. The zero-order valence-corrected chi connectivity index (χ0v) is 11.0. The van der Waals surface area contributed by atoms with Gasteiger partial charge in [-0.15, -0.1) is 0 Å². The number of benzene rings is 2. The number of primary amides is 1.